The minimum absolute atomic E-state index is 1.28. The summed E-state index contributed by atoms with van der Waals surface area (Å²) in [5.74, 6) is 0. The molecule has 0 nitrogen and oxygen atoms in total. The van der Waals surface area contributed by atoms with Crippen LogP contribution in [-0.4, -0.2) is 20.6 Å². The normalized spacial score (nSPS) is 72.0. The molecular formula is C4H10P6. The molecule has 0 amide bonds. The molecule has 0 N–H and O–H groups in total. The molecule has 4 heterocycles. The molecule has 4 bridgehead atoms. The Labute approximate surface area is 72.3 Å². The van der Waals surface area contributed by atoms with Gasteiger partial charge in [0.1, 0.15) is 0 Å². The zero-order valence-electron chi connectivity index (χ0n) is 5.31. The third-order valence-corrected chi connectivity index (χ3v) is 18.0. The number of hydrogen-bond donors (Lipinski definition) is 0. The SMILES string of the molecule is P1C2PC3PC1PC(P2)P3. The molecule has 0 saturated carbocycles. The van der Waals surface area contributed by atoms with Crippen molar-refractivity contribution in [2.24, 2.45) is 0 Å². The Hall–Kier alpha value is 2.58. The van der Waals surface area contributed by atoms with E-state index in [-0.39, 0.29) is 0 Å². The Morgan fingerprint density at radius 3 is 0.800 bits per heavy atom. The Bertz CT molecular complexity index is 101. The van der Waals surface area contributed by atoms with Gasteiger partial charge in [-0.3, -0.25) is 0 Å². The van der Waals surface area contributed by atoms with Crippen LogP contribution in [0.25, 0.3) is 0 Å². The van der Waals surface area contributed by atoms with Crippen molar-refractivity contribution >= 4 is 51.5 Å². The average Bonchev–Trinajstić information content (AvgIpc) is 1.82. The van der Waals surface area contributed by atoms with Crippen molar-refractivity contribution in [1.82, 2.24) is 0 Å². The Balaban J connectivity index is 1.90. The standard InChI is InChI=1S/C4H10P6/c5-1-6-3-8-2(5)9-4(7-1)10-3/h1-10H. The molecule has 0 aliphatic carbocycles. The monoisotopic (exact) mass is 244 g/mol. The maximum absolute atomic E-state index is 1.42. The van der Waals surface area contributed by atoms with Gasteiger partial charge in [0.15, 0.2) is 0 Å². The summed E-state index contributed by atoms with van der Waals surface area (Å²) in [6, 6.07) is 0. The lowest BCUT2D eigenvalue weighted by molar-refractivity contribution is 1.60. The highest BCUT2D eigenvalue weighted by Gasteiger charge is 2.41. The summed E-state index contributed by atoms with van der Waals surface area (Å²) in [4.78, 5) is 0. The molecule has 0 aromatic rings. The van der Waals surface area contributed by atoms with Crippen LogP contribution < -0.4 is 0 Å². The van der Waals surface area contributed by atoms with Gasteiger partial charge in [0.05, 0.1) is 0 Å². The lowest BCUT2D eigenvalue weighted by atomic mass is 11.7. The first-order chi connectivity index (χ1) is 4.90. The minimum atomic E-state index is 1.28. The summed E-state index contributed by atoms with van der Waals surface area (Å²) >= 11 is 0. The number of hydrogen-bond acceptors (Lipinski definition) is 0. The average molecular weight is 244 g/mol. The quantitative estimate of drug-likeness (QED) is 0.574. The van der Waals surface area contributed by atoms with Gasteiger partial charge >= 0.3 is 0 Å². The van der Waals surface area contributed by atoms with Crippen molar-refractivity contribution in [3.8, 4) is 0 Å². The molecule has 10 heavy (non-hydrogen) atoms. The second-order valence-corrected chi connectivity index (χ2v) is 18.6. The predicted octanol–water partition coefficient (Wildman–Crippen LogP) is 3.23. The topological polar surface area (TPSA) is 0 Å². The Kier molecular flexibility index (Phi) is 2.43. The first kappa shape index (κ1) is 7.94. The number of rotatable bonds is 0. The van der Waals surface area contributed by atoms with Gasteiger partial charge in [0, 0.05) is 20.6 Å². The van der Waals surface area contributed by atoms with Crippen LogP contribution in [0.4, 0.5) is 0 Å². The van der Waals surface area contributed by atoms with E-state index in [1.165, 1.54) is 72.0 Å². The van der Waals surface area contributed by atoms with Crippen LogP contribution in [0.1, 0.15) is 0 Å². The van der Waals surface area contributed by atoms with Crippen molar-refractivity contribution in [1.29, 1.82) is 0 Å². The van der Waals surface area contributed by atoms with Gasteiger partial charge < -0.3 is 0 Å². The van der Waals surface area contributed by atoms with Crippen LogP contribution in [0.5, 0.6) is 0 Å². The maximum Gasteiger partial charge on any atom is 0.0136 e. The van der Waals surface area contributed by atoms with E-state index >= 15 is 0 Å². The zero-order chi connectivity index (χ0) is 6.55. The fraction of sp³-hybridized carbons (Fsp3) is 1.00. The second-order valence-electron chi connectivity index (χ2n) is 2.73. The van der Waals surface area contributed by atoms with E-state index in [9.17, 15) is 0 Å². The molecule has 4 saturated heterocycles. The van der Waals surface area contributed by atoms with Gasteiger partial charge in [0.25, 0.3) is 0 Å². The molecule has 0 aromatic carbocycles. The van der Waals surface area contributed by atoms with Gasteiger partial charge in [-0.05, 0) is 0 Å². The summed E-state index contributed by atoms with van der Waals surface area (Å²) in [5.41, 5.74) is 0. The molecule has 0 radical (unpaired) electrons. The summed E-state index contributed by atoms with van der Waals surface area (Å²) in [7, 11) is 8.54. The van der Waals surface area contributed by atoms with Crippen LogP contribution in [0.15, 0.2) is 0 Å². The van der Waals surface area contributed by atoms with E-state index in [4.69, 9.17) is 0 Å². The molecule has 0 atom stereocenters. The third-order valence-electron chi connectivity index (χ3n) is 2.00. The fourth-order valence-electron chi connectivity index (χ4n) is 1.58. The largest absolute Gasteiger partial charge is 0.0986 e. The van der Waals surface area contributed by atoms with E-state index in [2.05, 4.69) is 0 Å². The molecule has 0 spiro atoms. The van der Waals surface area contributed by atoms with Crippen LogP contribution in [0.2, 0.25) is 0 Å². The van der Waals surface area contributed by atoms with Crippen molar-refractivity contribution in [3.05, 3.63) is 0 Å². The lowest BCUT2D eigenvalue weighted by Gasteiger charge is -2.49. The molecule has 6 heteroatoms. The van der Waals surface area contributed by atoms with Gasteiger partial charge in [-0.1, -0.05) is 51.5 Å². The fourth-order valence-corrected chi connectivity index (χ4v) is 32.2. The van der Waals surface area contributed by atoms with Crippen molar-refractivity contribution in [2.75, 3.05) is 0 Å². The van der Waals surface area contributed by atoms with Crippen LogP contribution in [0, 0.1) is 0 Å². The summed E-state index contributed by atoms with van der Waals surface area (Å²) in [6.07, 6.45) is 0. The molecule has 4 rings (SSSR count). The molecular weight excluding hydrogens is 234 g/mol. The van der Waals surface area contributed by atoms with Crippen molar-refractivity contribution < 1.29 is 0 Å². The van der Waals surface area contributed by atoms with Crippen LogP contribution >= 0.6 is 51.5 Å². The maximum atomic E-state index is 1.42. The lowest BCUT2D eigenvalue weighted by Crippen LogP contribution is -2.18. The van der Waals surface area contributed by atoms with Gasteiger partial charge in [-0.25, -0.2) is 0 Å². The minimum Gasteiger partial charge on any atom is -0.0986 e. The van der Waals surface area contributed by atoms with Crippen molar-refractivity contribution in [3.63, 3.8) is 0 Å². The van der Waals surface area contributed by atoms with Crippen LogP contribution in [-0.2, 0) is 0 Å². The molecule has 56 valence electrons. The Morgan fingerprint density at radius 1 is 0.400 bits per heavy atom. The summed E-state index contributed by atoms with van der Waals surface area (Å²) in [5, 5.41) is 5.12. The molecule has 4 aliphatic rings. The third kappa shape index (κ3) is 1.37. The highest BCUT2D eigenvalue weighted by molar-refractivity contribution is 8.05. The van der Waals surface area contributed by atoms with E-state index < -0.39 is 0 Å². The molecule has 0 unspecified atom stereocenters. The van der Waals surface area contributed by atoms with Crippen molar-refractivity contribution in [2.45, 2.75) is 20.6 Å². The first-order valence-electron chi connectivity index (χ1n) is 3.46. The zero-order valence-corrected chi connectivity index (χ0v) is 11.3. The second kappa shape index (κ2) is 3.06. The van der Waals surface area contributed by atoms with Crippen LogP contribution in [0.3, 0.4) is 0 Å². The van der Waals surface area contributed by atoms with Gasteiger partial charge in [-0.15, -0.1) is 0 Å². The smallest absolute Gasteiger partial charge is 0.0136 e. The van der Waals surface area contributed by atoms with Gasteiger partial charge in [0.2, 0.25) is 0 Å². The Morgan fingerprint density at radius 2 is 0.600 bits per heavy atom. The molecule has 0 aromatic heterocycles. The summed E-state index contributed by atoms with van der Waals surface area (Å²) < 4.78 is 0. The molecule has 4 fully saturated rings. The highest BCUT2D eigenvalue weighted by atomic mass is 31.3. The van der Waals surface area contributed by atoms with E-state index in [1.54, 1.807) is 0 Å². The summed E-state index contributed by atoms with van der Waals surface area (Å²) in [6.45, 7) is 0. The predicted molar refractivity (Wildman–Crippen MR) is 65.0 cm³/mol. The van der Waals surface area contributed by atoms with Gasteiger partial charge in [-0.2, -0.15) is 0 Å². The first-order valence-corrected chi connectivity index (χ1v) is 10.4. The van der Waals surface area contributed by atoms with E-state index in [1.807, 2.05) is 0 Å². The van der Waals surface area contributed by atoms with E-state index in [0.717, 1.165) is 0 Å². The molecule has 4 aliphatic heterocycles. The van der Waals surface area contributed by atoms with E-state index in [0.29, 0.717) is 0 Å². The highest BCUT2D eigenvalue weighted by Crippen LogP contribution is 2.84.